The maximum atomic E-state index is 12.6. The highest BCUT2D eigenvalue weighted by Crippen LogP contribution is 2.28. The van der Waals surface area contributed by atoms with E-state index in [4.69, 9.17) is 24.5 Å². The summed E-state index contributed by atoms with van der Waals surface area (Å²) in [6.07, 6.45) is 2.13. The molecule has 0 spiro atoms. The summed E-state index contributed by atoms with van der Waals surface area (Å²) in [5.74, 6) is 0.617. The van der Waals surface area contributed by atoms with Gasteiger partial charge in [-0.25, -0.2) is 10.3 Å². The number of aliphatic hydroxyl groups excluding tert-OH is 1. The predicted octanol–water partition coefficient (Wildman–Crippen LogP) is 4.14. The van der Waals surface area contributed by atoms with E-state index < -0.39 is 18.1 Å². The molecule has 0 aliphatic carbocycles. The predicted molar refractivity (Wildman–Crippen MR) is 127 cm³/mol. The van der Waals surface area contributed by atoms with E-state index >= 15 is 0 Å². The first-order valence-electron chi connectivity index (χ1n) is 10.6. The van der Waals surface area contributed by atoms with Crippen molar-refractivity contribution in [3.05, 3.63) is 77.4 Å². The molecule has 0 aromatic heterocycles. The van der Waals surface area contributed by atoms with E-state index in [9.17, 15) is 9.59 Å². The van der Waals surface area contributed by atoms with Gasteiger partial charge >= 0.3 is 6.09 Å². The third-order valence-electron chi connectivity index (χ3n) is 4.65. The van der Waals surface area contributed by atoms with Crippen molar-refractivity contribution < 1.29 is 34.1 Å². The summed E-state index contributed by atoms with van der Waals surface area (Å²) in [5, 5.41) is 20.3. The van der Waals surface area contributed by atoms with E-state index in [1.165, 1.54) is 6.08 Å². The minimum absolute atomic E-state index is 0.0931. The van der Waals surface area contributed by atoms with Crippen molar-refractivity contribution >= 4 is 17.7 Å². The Kier molecular flexibility index (Phi) is 10.6. The Balaban J connectivity index is 2.19. The highest BCUT2D eigenvalue weighted by atomic mass is 16.6. The van der Waals surface area contributed by atoms with Gasteiger partial charge in [0.15, 0.2) is 0 Å². The minimum Gasteiger partial charge on any atom is -0.497 e. The normalized spacial score (nSPS) is 12.5. The monoisotopic (exact) mass is 470 g/mol. The fourth-order valence-electron chi connectivity index (χ4n) is 3.14. The lowest BCUT2D eigenvalue weighted by atomic mass is 10.0. The Morgan fingerprint density at radius 2 is 1.65 bits per heavy atom. The van der Waals surface area contributed by atoms with Gasteiger partial charge in [-0.05, 0) is 61.4 Å². The molecule has 4 N–H and O–H groups in total. The van der Waals surface area contributed by atoms with Crippen molar-refractivity contribution in [2.24, 2.45) is 0 Å². The van der Waals surface area contributed by atoms with Crippen LogP contribution in [0.2, 0.25) is 0 Å². The molecule has 2 amide bonds. The van der Waals surface area contributed by atoms with Crippen molar-refractivity contribution in [3.63, 3.8) is 0 Å². The average molecular weight is 471 g/mol. The molecule has 0 aliphatic heterocycles. The van der Waals surface area contributed by atoms with Crippen LogP contribution in [-0.2, 0) is 9.53 Å². The van der Waals surface area contributed by atoms with Gasteiger partial charge in [-0.1, -0.05) is 23.8 Å². The summed E-state index contributed by atoms with van der Waals surface area (Å²) in [6, 6.07) is 13.9. The van der Waals surface area contributed by atoms with Crippen molar-refractivity contribution in [1.82, 2.24) is 5.48 Å². The fraction of sp³-hybridized carbons (Fsp3) is 0.280. The summed E-state index contributed by atoms with van der Waals surface area (Å²) < 4.78 is 16.2. The molecule has 9 heteroatoms. The zero-order chi connectivity index (χ0) is 24.9. The molecule has 2 rings (SSSR count). The smallest absolute Gasteiger partial charge is 0.412 e. The highest BCUT2D eigenvalue weighted by Gasteiger charge is 2.18. The first-order valence-corrected chi connectivity index (χ1v) is 10.6. The summed E-state index contributed by atoms with van der Waals surface area (Å²) in [5.41, 5.74) is 4.32. The van der Waals surface area contributed by atoms with Crippen LogP contribution in [0.15, 0.2) is 71.8 Å². The highest BCUT2D eigenvalue weighted by molar-refractivity contribution is 5.87. The maximum absolute atomic E-state index is 12.6. The number of allylic oxidation sites excluding steroid dienone is 2. The second-order valence-electron chi connectivity index (χ2n) is 7.45. The summed E-state index contributed by atoms with van der Waals surface area (Å²) in [6.45, 7) is 3.66. The second kappa shape index (κ2) is 13.7. The van der Waals surface area contributed by atoms with Crippen LogP contribution in [-0.4, -0.2) is 42.6 Å². The second-order valence-corrected chi connectivity index (χ2v) is 7.45. The Bertz CT molecular complexity index is 999. The number of hydrogen-bond donors (Lipinski definition) is 4. The molecule has 2 aromatic carbocycles. The summed E-state index contributed by atoms with van der Waals surface area (Å²) in [4.78, 5) is 24.0. The Morgan fingerprint density at radius 3 is 2.24 bits per heavy atom. The topological polar surface area (TPSA) is 126 Å². The van der Waals surface area contributed by atoms with Crippen LogP contribution in [0.4, 0.5) is 10.5 Å². The largest absolute Gasteiger partial charge is 0.497 e. The van der Waals surface area contributed by atoms with Crippen molar-refractivity contribution in [2.45, 2.75) is 26.4 Å². The van der Waals surface area contributed by atoms with Gasteiger partial charge in [0.2, 0.25) is 0 Å². The molecule has 0 aliphatic rings. The Morgan fingerprint density at radius 1 is 1.00 bits per heavy atom. The molecule has 0 radical (unpaired) electrons. The first-order chi connectivity index (χ1) is 16.3. The molecule has 182 valence electrons. The number of hydroxylamine groups is 1. The molecule has 2 aromatic rings. The van der Waals surface area contributed by atoms with Crippen molar-refractivity contribution in [3.8, 4) is 11.5 Å². The minimum atomic E-state index is -0.633. The van der Waals surface area contributed by atoms with E-state index in [0.29, 0.717) is 29.2 Å². The molecule has 1 atom stereocenters. The number of methoxy groups -OCH3 is 1. The number of amides is 2. The van der Waals surface area contributed by atoms with E-state index in [-0.39, 0.29) is 13.2 Å². The molecular weight excluding hydrogens is 440 g/mol. The fourth-order valence-corrected chi connectivity index (χ4v) is 3.14. The lowest BCUT2D eigenvalue weighted by molar-refractivity contribution is -0.124. The van der Waals surface area contributed by atoms with Gasteiger partial charge < -0.3 is 19.3 Å². The molecule has 0 saturated heterocycles. The number of nitrogens with one attached hydrogen (secondary N) is 2. The average Bonchev–Trinajstić information content (AvgIpc) is 2.82. The van der Waals surface area contributed by atoms with E-state index in [1.807, 2.05) is 6.92 Å². The number of carbonyl (C=O) groups excluding carboxylic acids is 2. The number of aliphatic hydroxyl groups is 1. The van der Waals surface area contributed by atoms with Crippen LogP contribution >= 0.6 is 0 Å². The van der Waals surface area contributed by atoms with E-state index in [1.54, 1.807) is 74.1 Å². The van der Waals surface area contributed by atoms with Gasteiger partial charge in [-0.2, -0.15) is 0 Å². The summed E-state index contributed by atoms with van der Waals surface area (Å²) in [7, 11) is 1.56. The van der Waals surface area contributed by atoms with Gasteiger partial charge in [0.25, 0.3) is 5.91 Å². The molecule has 9 nitrogen and oxygen atoms in total. The Labute approximate surface area is 198 Å². The molecule has 0 unspecified atom stereocenters. The summed E-state index contributed by atoms with van der Waals surface area (Å²) >= 11 is 0. The zero-order valence-electron chi connectivity index (χ0n) is 19.4. The Hall–Kier alpha value is -3.82. The van der Waals surface area contributed by atoms with Gasteiger partial charge in [0.05, 0.1) is 13.7 Å². The SMILES string of the molecule is COc1ccc(NC(=O)O[C@H](C/C(C)=C/C(C)=C/C(=O)NO)c2ccc(OCCO)cc2)cc1. The third-order valence-corrected chi connectivity index (χ3v) is 4.65. The van der Waals surface area contributed by atoms with Crippen molar-refractivity contribution in [2.75, 3.05) is 25.6 Å². The van der Waals surface area contributed by atoms with Crippen molar-refractivity contribution in [1.29, 1.82) is 0 Å². The number of benzene rings is 2. The lowest BCUT2D eigenvalue weighted by Crippen LogP contribution is -2.18. The van der Waals surface area contributed by atoms with Gasteiger partial charge in [-0.15, -0.1) is 0 Å². The quantitative estimate of drug-likeness (QED) is 0.168. The maximum Gasteiger partial charge on any atom is 0.412 e. The lowest BCUT2D eigenvalue weighted by Gasteiger charge is -2.20. The van der Waals surface area contributed by atoms with E-state index in [2.05, 4.69) is 5.32 Å². The van der Waals surface area contributed by atoms with E-state index in [0.717, 1.165) is 11.1 Å². The van der Waals surface area contributed by atoms with Crippen LogP contribution in [0.25, 0.3) is 0 Å². The zero-order valence-corrected chi connectivity index (χ0v) is 19.4. The van der Waals surface area contributed by atoms with Crippen LogP contribution in [0.5, 0.6) is 11.5 Å². The number of anilines is 1. The standard InChI is InChI=1S/C25H30N2O7/c1-17(14-18(2)16-24(29)27-31)15-23(19-4-8-22(9-5-19)33-13-12-28)34-25(30)26-20-6-10-21(32-3)11-7-20/h4-11,14,16,23,28,31H,12-13,15H2,1-3H3,(H,26,30)(H,27,29)/b17-14+,18-16+/t23-/m1/s1. The molecule has 0 heterocycles. The first kappa shape index (κ1) is 26.4. The van der Waals surface area contributed by atoms with Gasteiger partial charge in [-0.3, -0.25) is 15.3 Å². The molecule has 0 fully saturated rings. The number of ether oxygens (including phenoxy) is 3. The van der Waals surface area contributed by atoms with Crippen LogP contribution in [0.1, 0.15) is 31.9 Å². The number of carbonyl (C=O) groups is 2. The van der Waals surface area contributed by atoms with Gasteiger partial charge in [0.1, 0.15) is 24.2 Å². The molecule has 0 bridgehead atoms. The molecule has 0 saturated carbocycles. The molecule has 34 heavy (non-hydrogen) atoms. The van der Waals surface area contributed by atoms with Crippen LogP contribution in [0, 0.1) is 0 Å². The van der Waals surface area contributed by atoms with Crippen LogP contribution in [0.3, 0.4) is 0 Å². The number of rotatable bonds is 11. The molecular formula is C25H30N2O7. The third kappa shape index (κ3) is 8.97. The number of hydrogen-bond acceptors (Lipinski definition) is 7. The van der Waals surface area contributed by atoms with Crippen LogP contribution < -0.4 is 20.3 Å². The van der Waals surface area contributed by atoms with Gasteiger partial charge in [0, 0.05) is 18.2 Å².